The van der Waals surface area contributed by atoms with Crippen molar-refractivity contribution in [3.8, 4) is 0 Å². The zero-order valence-corrected chi connectivity index (χ0v) is 17.6. The van der Waals surface area contributed by atoms with Gasteiger partial charge in [-0.3, -0.25) is 14.5 Å². The number of piperidine rings is 2. The van der Waals surface area contributed by atoms with Gasteiger partial charge in [0.1, 0.15) is 0 Å². The Morgan fingerprint density at radius 1 is 1.04 bits per heavy atom. The topological polar surface area (TPSA) is 52.7 Å². The molecule has 0 aromatic heterocycles. The maximum Gasteiger partial charge on any atom is 0.225 e. The van der Waals surface area contributed by atoms with Crippen molar-refractivity contribution in [2.75, 3.05) is 26.2 Å². The van der Waals surface area contributed by atoms with Crippen molar-refractivity contribution in [1.29, 1.82) is 0 Å². The van der Waals surface area contributed by atoms with Gasteiger partial charge in [0.2, 0.25) is 11.8 Å². The highest BCUT2D eigenvalue weighted by Gasteiger charge is 2.26. The minimum Gasteiger partial charge on any atom is -0.352 e. The highest BCUT2D eigenvalue weighted by molar-refractivity contribution is 5.80. The SMILES string of the molecule is CC(=O)N1CCC[C@H](C(=O)NCc2ccc(CN3C[C@H](C)C[C@@H](C)C3)cc2)C1. The van der Waals surface area contributed by atoms with Crippen LogP contribution in [0.1, 0.15) is 51.2 Å². The number of carbonyl (C=O) groups excluding carboxylic acids is 2. The number of amides is 2. The first-order valence-corrected chi connectivity index (χ1v) is 10.7. The Labute approximate surface area is 169 Å². The third kappa shape index (κ3) is 5.81. The van der Waals surface area contributed by atoms with E-state index in [9.17, 15) is 9.59 Å². The van der Waals surface area contributed by atoms with Crippen LogP contribution in [0.3, 0.4) is 0 Å². The van der Waals surface area contributed by atoms with Crippen LogP contribution in [0.15, 0.2) is 24.3 Å². The lowest BCUT2D eigenvalue weighted by Gasteiger charge is -2.35. The quantitative estimate of drug-likeness (QED) is 0.848. The molecule has 2 amide bonds. The fourth-order valence-corrected chi connectivity index (χ4v) is 4.75. The molecule has 2 aliphatic rings. The Balaban J connectivity index is 1.46. The number of nitrogens with one attached hydrogen (secondary N) is 1. The van der Waals surface area contributed by atoms with Gasteiger partial charge in [0.15, 0.2) is 0 Å². The molecule has 2 heterocycles. The second-order valence-corrected chi connectivity index (χ2v) is 8.98. The number of rotatable bonds is 5. The molecule has 2 aliphatic heterocycles. The summed E-state index contributed by atoms with van der Waals surface area (Å²) in [5, 5.41) is 3.05. The Bertz CT molecular complexity index is 663. The molecule has 0 aliphatic carbocycles. The van der Waals surface area contributed by atoms with Crippen molar-refractivity contribution < 1.29 is 9.59 Å². The predicted octanol–water partition coefficient (Wildman–Crippen LogP) is 3.04. The van der Waals surface area contributed by atoms with E-state index in [1.807, 2.05) is 0 Å². The molecule has 1 aromatic rings. The molecule has 0 radical (unpaired) electrons. The van der Waals surface area contributed by atoms with Gasteiger partial charge in [0.25, 0.3) is 0 Å². The fourth-order valence-electron chi connectivity index (χ4n) is 4.75. The second-order valence-electron chi connectivity index (χ2n) is 8.98. The van der Waals surface area contributed by atoms with Crippen LogP contribution >= 0.6 is 0 Å². The molecule has 0 spiro atoms. The summed E-state index contributed by atoms with van der Waals surface area (Å²) in [5.74, 6) is 1.59. The van der Waals surface area contributed by atoms with Crippen molar-refractivity contribution in [3.63, 3.8) is 0 Å². The molecular formula is C23H35N3O2. The first-order valence-electron chi connectivity index (χ1n) is 10.7. The van der Waals surface area contributed by atoms with E-state index >= 15 is 0 Å². The van der Waals surface area contributed by atoms with Gasteiger partial charge in [0.05, 0.1) is 5.92 Å². The van der Waals surface area contributed by atoms with Crippen LogP contribution in [0.4, 0.5) is 0 Å². The molecule has 2 fully saturated rings. The third-order valence-electron chi connectivity index (χ3n) is 6.08. The highest BCUT2D eigenvalue weighted by Crippen LogP contribution is 2.22. The van der Waals surface area contributed by atoms with Gasteiger partial charge in [-0.1, -0.05) is 38.1 Å². The molecule has 5 heteroatoms. The van der Waals surface area contributed by atoms with Gasteiger partial charge in [-0.05, 0) is 42.2 Å². The molecule has 3 rings (SSSR count). The van der Waals surface area contributed by atoms with Crippen LogP contribution in [0.25, 0.3) is 0 Å². The highest BCUT2D eigenvalue weighted by atomic mass is 16.2. The molecule has 1 aromatic carbocycles. The molecule has 2 saturated heterocycles. The van der Waals surface area contributed by atoms with E-state index < -0.39 is 0 Å². The lowest BCUT2D eigenvalue weighted by atomic mass is 9.91. The maximum atomic E-state index is 12.5. The van der Waals surface area contributed by atoms with Crippen molar-refractivity contribution in [3.05, 3.63) is 35.4 Å². The number of likely N-dealkylation sites (tertiary alicyclic amines) is 2. The summed E-state index contributed by atoms with van der Waals surface area (Å²) in [7, 11) is 0. The van der Waals surface area contributed by atoms with E-state index in [1.54, 1.807) is 11.8 Å². The maximum absolute atomic E-state index is 12.5. The summed E-state index contributed by atoms with van der Waals surface area (Å²) in [6.45, 7) is 11.5. The first kappa shape index (κ1) is 20.8. The number of carbonyl (C=O) groups is 2. The Morgan fingerprint density at radius 3 is 2.32 bits per heavy atom. The minimum absolute atomic E-state index is 0.0607. The first-order chi connectivity index (χ1) is 13.4. The molecule has 1 N–H and O–H groups in total. The summed E-state index contributed by atoms with van der Waals surface area (Å²) in [5.41, 5.74) is 2.46. The average Bonchev–Trinajstić information content (AvgIpc) is 2.66. The lowest BCUT2D eigenvalue weighted by Crippen LogP contribution is -2.44. The fraction of sp³-hybridized carbons (Fsp3) is 0.652. The average molecular weight is 386 g/mol. The zero-order chi connectivity index (χ0) is 20.1. The Morgan fingerprint density at radius 2 is 1.68 bits per heavy atom. The number of hydrogen-bond donors (Lipinski definition) is 1. The monoisotopic (exact) mass is 385 g/mol. The van der Waals surface area contributed by atoms with Crippen LogP contribution < -0.4 is 5.32 Å². The van der Waals surface area contributed by atoms with Crippen LogP contribution in [-0.4, -0.2) is 47.8 Å². The molecule has 5 nitrogen and oxygen atoms in total. The molecular weight excluding hydrogens is 350 g/mol. The summed E-state index contributed by atoms with van der Waals surface area (Å²) < 4.78 is 0. The van der Waals surface area contributed by atoms with Gasteiger partial charge in [-0.25, -0.2) is 0 Å². The van der Waals surface area contributed by atoms with Crippen molar-refractivity contribution in [2.24, 2.45) is 17.8 Å². The van der Waals surface area contributed by atoms with Crippen LogP contribution in [0.5, 0.6) is 0 Å². The van der Waals surface area contributed by atoms with Crippen LogP contribution in [0.2, 0.25) is 0 Å². The summed E-state index contributed by atoms with van der Waals surface area (Å²) >= 11 is 0. The normalized spacial score (nSPS) is 26.1. The van der Waals surface area contributed by atoms with Gasteiger partial charge in [-0.15, -0.1) is 0 Å². The summed E-state index contributed by atoms with van der Waals surface area (Å²) in [6, 6.07) is 8.61. The summed E-state index contributed by atoms with van der Waals surface area (Å²) in [4.78, 5) is 28.4. The standard InChI is InChI=1S/C23H35N3O2/c1-17-11-18(2)14-25(13-17)15-21-8-6-20(7-9-21)12-24-23(28)22-5-4-10-26(16-22)19(3)27/h6-9,17-18,22H,4-5,10-16H2,1-3H3,(H,24,28)/t17-,18-,22+/m1/s1. The third-order valence-corrected chi connectivity index (χ3v) is 6.08. The van der Waals surface area contributed by atoms with Gasteiger partial charge >= 0.3 is 0 Å². The van der Waals surface area contributed by atoms with Crippen LogP contribution in [0, 0.1) is 17.8 Å². The van der Waals surface area contributed by atoms with E-state index in [4.69, 9.17) is 0 Å². The number of benzene rings is 1. The van der Waals surface area contributed by atoms with Crippen molar-refractivity contribution >= 4 is 11.8 Å². The van der Waals surface area contributed by atoms with Crippen molar-refractivity contribution in [2.45, 2.75) is 53.1 Å². The van der Waals surface area contributed by atoms with E-state index in [0.29, 0.717) is 13.1 Å². The van der Waals surface area contributed by atoms with E-state index in [1.165, 1.54) is 25.1 Å². The molecule has 3 atom stereocenters. The molecule has 0 bridgehead atoms. The predicted molar refractivity (Wildman–Crippen MR) is 111 cm³/mol. The molecule has 154 valence electrons. The van der Waals surface area contributed by atoms with Crippen molar-refractivity contribution in [1.82, 2.24) is 15.1 Å². The van der Waals surface area contributed by atoms with Gasteiger partial charge in [0, 0.05) is 46.2 Å². The van der Waals surface area contributed by atoms with Gasteiger partial charge in [-0.2, -0.15) is 0 Å². The molecule has 28 heavy (non-hydrogen) atoms. The van der Waals surface area contributed by atoms with E-state index in [-0.39, 0.29) is 17.7 Å². The second kappa shape index (κ2) is 9.55. The molecule has 0 unspecified atom stereocenters. The van der Waals surface area contributed by atoms with Gasteiger partial charge < -0.3 is 10.2 Å². The van der Waals surface area contributed by atoms with E-state index in [2.05, 4.69) is 48.3 Å². The van der Waals surface area contributed by atoms with Crippen LogP contribution in [-0.2, 0) is 22.7 Å². The van der Waals surface area contributed by atoms with E-state index in [0.717, 1.165) is 43.3 Å². The lowest BCUT2D eigenvalue weighted by molar-refractivity contribution is -0.134. The Hall–Kier alpha value is -1.88. The Kier molecular flexibility index (Phi) is 7.11. The number of nitrogens with zero attached hydrogens (tertiary/aromatic N) is 2. The summed E-state index contributed by atoms with van der Waals surface area (Å²) in [6.07, 6.45) is 3.10. The minimum atomic E-state index is -0.0833. The number of hydrogen-bond acceptors (Lipinski definition) is 3. The smallest absolute Gasteiger partial charge is 0.225 e. The zero-order valence-electron chi connectivity index (χ0n) is 17.6. The largest absolute Gasteiger partial charge is 0.352 e. The molecule has 0 saturated carbocycles.